The molecule has 1 N–H and O–H groups in total. The molecule has 0 fully saturated rings. The van der Waals surface area contributed by atoms with Gasteiger partial charge in [-0.2, -0.15) is 0 Å². The Bertz CT molecular complexity index is 562. The lowest BCUT2D eigenvalue weighted by molar-refractivity contribution is 0.608. The average Bonchev–Trinajstić information content (AvgIpc) is 2.35. The van der Waals surface area contributed by atoms with Crippen molar-refractivity contribution in [3.05, 3.63) is 63.1 Å². The van der Waals surface area contributed by atoms with Crippen LogP contribution < -0.4 is 5.32 Å². The van der Waals surface area contributed by atoms with Gasteiger partial charge in [-0.3, -0.25) is 4.98 Å². The number of rotatable bonds is 3. The molecule has 18 heavy (non-hydrogen) atoms. The van der Waals surface area contributed by atoms with E-state index in [4.69, 9.17) is 11.6 Å². The molecule has 0 spiro atoms. The van der Waals surface area contributed by atoms with E-state index in [1.165, 1.54) is 12.3 Å². The molecule has 1 aromatic heterocycles. The van der Waals surface area contributed by atoms with Crippen LogP contribution in [0.1, 0.15) is 17.2 Å². The summed E-state index contributed by atoms with van der Waals surface area (Å²) < 4.78 is 14.0. The molecular formula is C13H11BrClFN2. The maximum atomic E-state index is 13.2. The van der Waals surface area contributed by atoms with Crippen molar-refractivity contribution in [1.82, 2.24) is 10.3 Å². The highest BCUT2D eigenvalue weighted by Crippen LogP contribution is 2.28. The van der Waals surface area contributed by atoms with Crippen molar-refractivity contribution >= 4 is 27.5 Å². The number of nitrogens with zero attached hydrogens (tertiary/aromatic N) is 1. The fraction of sp³-hybridized carbons (Fsp3) is 0.154. The van der Waals surface area contributed by atoms with Gasteiger partial charge in [0.2, 0.25) is 0 Å². The summed E-state index contributed by atoms with van der Waals surface area (Å²) in [7, 11) is 1.81. The second kappa shape index (κ2) is 5.78. The minimum absolute atomic E-state index is 0.140. The molecule has 0 aliphatic rings. The van der Waals surface area contributed by atoms with Crippen LogP contribution in [0, 0.1) is 5.82 Å². The summed E-state index contributed by atoms with van der Waals surface area (Å²) in [6.45, 7) is 0. The standard InChI is InChI=1S/C13H11BrClFN2/c1-17-13(9-4-10(16)7-18-6-9)8-2-3-11(14)12(15)5-8/h2-7,13,17H,1H3. The van der Waals surface area contributed by atoms with Gasteiger partial charge >= 0.3 is 0 Å². The van der Waals surface area contributed by atoms with Crippen LogP contribution in [0.2, 0.25) is 5.02 Å². The number of benzene rings is 1. The normalized spacial score (nSPS) is 12.4. The van der Waals surface area contributed by atoms with Gasteiger partial charge in [0.25, 0.3) is 0 Å². The molecule has 2 rings (SSSR count). The molecule has 94 valence electrons. The zero-order chi connectivity index (χ0) is 13.1. The van der Waals surface area contributed by atoms with Crippen LogP contribution in [0.15, 0.2) is 41.1 Å². The van der Waals surface area contributed by atoms with E-state index in [2.05, 4.69) is 26.2 Å². The van der Waals surface area contributed by atoms with Crippen LogP contribution in [0.3, 0.4) is 0 Å². The molecule has 5 heteroatoms. The summed E-state index contributed by atoms with van der Waals surface area (Å²) in [5, 5.41) is 3.75. The Morgan fingerprint density at radius 3 is 2.67 bits per heavy atom. The van der Waals surface area contributed by atoms with Gasteiger partial charge in [-0.05, 0) is 52.3 Å². The number of hydrogen-bond acceptors (Lipinski definition) is 2. The lowest BCUT2D eigenvalue weighted by Gasteiger charge is -2.17. The fourth-order valence-corrected chi connectivity index (χ4v) is 2.24. The van der Waals surface area contributed by atoms with Gasteiger partial charge < -0.3 is 5.32 Å². The Kier molecular flexibility index (Phi) is 4.32. The lowest BCUT2D eigenvalue weighted by Crippen LogP contribution is -2.18. The second-order valence-corrected chi connectivity index (χ2v) is 5.09. The van der Waals surface area contributed by atoms with Crippen molar-refractivity contribution in [2.45, 2.75) is 6.04 Å². The minimum atomic E-state index is -0.351. The number of pyridine rings is 1. The molecule has 2 nitrogen and oxygen atoms in total. The van der Waals surface area contributed by atoms with Crippen LogP contribution in [-0.2, 0) is 0 Å². The monoisotopic (exact) mass is 328 g/mol. The first kappa shape index (κ1) is 13.5. The fourth-order valence-electron chi connectivity index (χ4n) is 1.80. The van der Waals surface area contributed by atoms with Crippen LogP contribution in [0.25, 0.3) is 0 Å². The Hall–Kier alpha value is -0.970. The molecule has 1 aromatic carbocycles. The SMILES string of the molecule is CNC(c1cncc(F)c1)c1ccc(Br)c(Cl)c1. The third-order valence-corrected chi connectivity index (χ3v) is 3.86. The predicted octanol–water partition coefficient (Wildman–Crippen LogP) is 3.95. The molecule has 2 aromatic rings. The van der Waals surface area contributed by atoms with Crippen LogP contribution >= 0.6 is 27.5 Å². The van der Waals surface area contributed by atoms with Gasteiger partial charge in [-0.1, -0.05) is 17.7 Å². The van der Waals surface area contributed by atoms with E-state index in [0.717, 1.165) is 15.6 Å². The first-order chi connectivity index (χ1) is 8.61. The first-order valence-corrected chi connectivity index (χ1v) is 6.51. The van der Waals surface area contributed by atoms with E-state index in [0.29, 0.717) is 5.02 Å². The van der Waals surface area contributed by atoms with Crippen molar-refractivity contribution in [2.24, 2.45) is 0 Å². The Balaban J connectivity index is 2.42. The third-order valence-electron chi connectivity index (χ3n) is 2.63. The van der Waals surface area contributed by atoms with Crippen molar-refractivity contribution in [1.29, 1.82) is 0 Å². The largest absolute Gasteiger partial charge is 0.309 e. The molecule has 0 amide bonds. The average molecular weight is 330 g/mol. The Labute approximate surface area is 118 Å². The minimum Gasteiger partial charge on any atom is -0.309 e. The highest BCUT2D eigenvalue weighted by molar-refractivity contribution is 9.10. The van der Waals surface area contributed by atoms with Gasteiger partial charge in [0.05, 0.1) is 17.3 Å². The zero-order valence-corrected chi connectivity index (χ0v) is 12.0. The summed E-state index contributed by atoms with van der Waals surface area (Å²) >= 11 is 9.41. The van der Waals surface area contributed by atoms with Gasteiger partial charge in [0.15, 0.2) is 0 Å². The first-order valence-electron chi connectivity index (χ1n) is 5.34. The molecule has 0 radical (unpaired) electrons. The summed E-state index contributed by atoms with van der Waals surface area (Å²) in [5.41, 5.74) is 1.72. The molecule has 0 bridgehead atoms. The quantitative estimate of drug-likeness (QED) is 0.922. The van der Waals surface area contributed by atoms with Gasteiger partial charge in [0, 0.05) is 10.7 Å². The lowest BCUT2D eigenvalue weighted by atomic mass is 10.0. The number of nitrogens with one attached hydrogen (secondary N) is 1. The van der Waals surface area contributed by atoms with Crippen LogP contribution in [0.5, 0.6) is 0 Å². The Morgan fingerprint density at radius 1 is 1.28 bits per heavy atom. The van der Waals surface area contributed by atoms with E-state index in [-0.39, 0.29) is 11.9 Å². The molecule has 1 unspecified atom stereocenters. The van der Waals surface area contributed by atoms with Gasteiger partial charge in [0.1, 0.15) is 5.82 Å². The van der Waals surface area contributed by atoms with Crippen molar-refractivity contribution < 1.29 is 4.39 Å². The molecule has 0 saturated carbocycles. The van der Waals surface area contributed by atoms with E-state index in [1.807, 2.05) is 25.2 Å². The van der Waals surface area contributed by atoms with Gasteiger partial charge in [-0.25, -0.2) is 4.39 Å². The van der Waals surface area contributed by atoms with Crippen molar-refractivity contribution in [3.8, 4) is 0 Å². The molecule has 1 atom stereocenters. The maximum absolute atomic E-state index is 13.2. The second-order valence-electron chi connectivity index (χ2n) is 3.83. The Morgan fingerprint density at radius 2 is 2.06 bits per heavy atom. The van der Waals surface area contributed by atoms with Crippen LogP contribution in [0.4, 0.5) is 4.39 Å². The predicted molar refractivity (Wildman–Crippen MR) is 74.2 cm³/mol. The highest BCUT2D eigenvalue weighted by Gasteiger charge is 2.14. The topological polar surface area (TPSA) is 24.9 Å². The van der Waals surface area contributed by atoms with Crippen molar-refractivity contribution in [3.63, 3.8) is 0 Å². The smallest absolute Gasteiger partial charge is 0.141 e. The zero-order valence-electron chi connectivity index (χ0n) is 9.62. The van der Waals surface area contributed by atoms with Crippen molar-refractivity contribution in [2.75, 3.05) is 7.05 Å². The number of halogens is 3. The number of aromatic nitrogens is 1. The van der Waals surface area contributed by atoms with Crippen LogP contribution in [-0.4, -0.2) is 12.0 Å². The number of hydrogen-bond donors (Lipinski definition) is 1. The van der Waals surface area contributed by atoms with Gasteiger partial charge in [-0.15, -0.1) is 0 Å². The van der Waals surface area contributed by atoms with E-state index >= 15 is 0 Å². The summed E-state index contributed by atoms with van der Waals surface area (Å²) in [5.74, 6) is -0.351. The van der Waals surface area contributed by atoms with E-state index < -0.39 is 0 Å². The van der Waals surface area contributed by atoms with E-state index in [1.54, 1.807) is 6.20 Å². The molecule has 1 heterocycles. The summed E-state index contributed by atoms with van der Waals surface area (Å²) in [4.78, 5) is 3.86. The summed E-state index contributed by atoms with van der Waals surface area (Å²) in [6, 6.07) is 6.97. The molecule has 0 aliphatic carbocycles. The highest BCUT2D eigenvalue weighted by atomic mass is 79.9. The van der Waals surface area contributed by atoms with E-state index in [9.17, 15) is 4.39 Å². The molecule has 0 aliphatic heterocycles. The molecular weight excluding hydrogens is 319 g/mol. The maximum Gasteiger partial charge on any atom is 0.141 e. The molecule has 0 saturated heterocycles. The third kappa shape index (κ3) is 2.88. The summed E-state index contributed by atoms with van der Waals surface area (Å²) in [6.07, 6.45) is 2.82.